The van der Waals surface area contributed by atoms with E-state index in [1.54, 1.807) is 0 Å². The van der Waals surface area contributed by atoms with Gasteiger partial charge in [0.1, 0.15) is 0 Å². The van der Waals surface area contributed by atoms with Gasteiger partial charge in [0.05, 0.1) is 0 Å². The van der Waals surface area contributed by atoms with Gasteiger partial charge >= 0.3 is 0 Å². The number of hydrogen-bond acceptors (Lipinski definition) is 0. The van der Waals surface area contributed by atoms with Crippen LogP contribution in [0.25, 0.3) is 0 Å². The topological polar surface area (TPSA) is 0 Å². The van der Waals surface area contributed by atoms with E-state index in [0.717, 1.165) is 6.42 Å². The highest BCUT2D eigenvalue weighted by molar-refractivity contribution is 6.20. The van der Waals surface area contributed by atoms with E-state index >= 15 is 0 Å². The SMILES string of the molecule is Cc1ccc(C)c(C(C)CC(C)Cl)c1. The molecule has 0 aromatic heterocycles. The quantitative estimate of drug-likeness (QED) is 0.648. The minimum atomic E-state index is 0.255. The lowest BCUT2D eigenvalue weighted by atomic mass is 9.91. The Morgan fingerprint density at radius 1 is 1.21 bits per heavy atom. The lowest BCUT2D eigenvalue weighted by Gasteiger charge is -2.16. The van der Waals surface area contributed by atoms with Crippen molar-refractivity contribution in [3.05, 3.63) is 34.9 Å². The average molecular weight is 211 g/mol. The summed E-state index contributed by atoms with van der Waals surface area (Å²) in [5.74, 6) is 0.558. The van der Waals surface area contributed by atoms with Gasteiger partial charge in [-0.05, 0) is 44.2 Å². The average Bonchev–Trinajstić information content (AvgIpc) is 2.08. The van der Waals surface area contributed by atoms with Gasteiger partial charge in [0.2, 0.25) is 0 Å². The van der Waals surface area contributed by atoms with Crippen LogP contribution >= 0.6 is 11.6 Å². The maximum Gasteiger partial charge on any atom is 0.0313 e. The van der Waals surface area contributed by atoms with Crippen LogP contribution in [0, 0.1) is 13.8 Å². The molecule has 0 aliphatic carbocycles. The highest BCUT2D eigenvalue weighted by Crippen LogP contribution is 2.26. The molecule has 0 bridgehead atoms. The van der Waals surface area contributed by atoms with Crippen molar-refractivity contribution in [1.82, 2.24) is 0 Å². The van der Waals surface area contributed by atoms with E-state index in [4.69, 9.17) is 11.6 Å². The highest BCUT2D eigenvalue weighted by atomic mass is 35.5. The summed E-state index contributed by atoms with van der Waals surface area (Å²) >= 11 is 6.01. The number of alkyl halides is 1. The molecule has 1 aromatic rings. The summed E-state index contributed by atoms with van der Waals surface area (Å²) in [6.07, 6.45) is 1.05. The molecular weight excluding hydrogens is 192 g/mol. The third-order valence-electron chi connectivity index (χ3n) is 2.64. The second kappa shape index (κ2) is 4.84. The maximum atomic E-state index is 6.01. The van der Waals surface area contributed by atoms with Crippen LogP contribution < -0.4 is 0 Å². The van der Waals surface area contributed by atoms with Crippen LogP contribution in [0.1, 0.15) is 42.9 Å². The summed E-state index contributed by atoms with van der Waals surface area (Å²) in [7, 11) is 0. The van der Waals surface area contributed by atoms with Crippen molar-refractivity contribution in [3.8, 4) is 0 Å². The summed E-state index contributed by atoms with van der Waals surface area (Å²) in [6.45, 7) is 8.62. The molecule has 1 heteroatoms. The smallest absolute Gasteiger partial charge is 0.0313 e. The Kier molecular flexibility index (Phi) is 4.00. The molecular formula is C13H19Cl. The molecule has 2 unspecified atom stereocenters. The van der Waals surface area contributed by atoms with Crippen molar-refractivity contribution >= 4 is 11.6 Å². The van der Waals surface area contributed by atoms with E-state index < -0.39 is 0 Å². The number of aryl methyl sites for hydroxylation is 2. The molecule has 0 spiro atoms. The fourth-order valence-electron chi connectivity index (χ4n) is 1.90. The third-order valence-corrected chi connectivity index (χ3v) is 2.82. The zero-order chi connectivity index (χ0) is 10.7. The summed E-state index contributed by atoms with van der Waals surface area (Å²) in [4.78, 5) is 0. The minimum absolute atomic E-state index is 0.255. The zero-order valence-electron chi connectivity index (χ0n) is 9.47. The van der Waals surface area contributed by atoms with Gasteiger partial charge in [0.15, 0.2) is 0 Å². The number of benzene rings is 1. The molecule has 78 valence electrons. The van der Waals surface area contributed by atoms with Crippen LogP contribution in [0.2, 0.25) is 0 Å². The van der Waals surface area contributed by atoms with Crippen molar-refractivity contribution < 1.29 is 0 Å². The van der Waals surface area contributed by atoms with E-state index in [9.17, 15) is 0 Å². The van der Waals surface area contributed by atoms with Crippen LogP contribution in [0.15, 0.2) is 18.2 Å². The van der Waals surface area contributed by atoms with Crippen LogP contribution in [0.4, 0.5) is 0 Å². The van der Waals surface area contributed by atoms with Crippen molar-refractivity contribution in [2.45, 2.75) is 45.4 Å². The molecule has 1 rings (SSSR count). The van der Waals surface area contributed by atoms with Gasteiger partial charge < -0.3 is 0 Å². The Bertz CT molecular complexity index is 302. The molecule has 0 aliphatic heterocycles. The molecule has 14 heavy (non-hydrogen) atoms. The molecule has 0 saturated carbocycles. The summed E-state index contributed by atoms with van der Waals surface area (Å²) in [5, 5.41) is 0.255. The molecule has 0 fully saturated rings. The summed E-state index contributed by atoms with van der Waals surface area (Å²) < 4.78 is 0. The predicted octanol–water partition coefficient (Wildman–Crippen LogP) is 4.42. The Morgan fingerprint density at radius 3 is 2.43 bits per heavy atom. The van der Waals surface area contributed by atoms with Gasteiger partial charge in [-0.25, -0.2) is 0 Å². The van der Waals surface area contributed by atoms with Crippen molar-refractivity contribution in [2.24, 2.45) is 0 Å². The Morgan fingerprint density at radius 2 is 1.86 bits per heavy atom. The molecule has 0 saturated heterocycles. The van der Waals surface area contributed by atoms with Gasteiger partial charge in [-0.15, -0.1) is 11.6 Å². The standard InChI is InChI=1S/C13H19Cl/c1-9-5-6-10(2)13(7-9)11(3)8-12(4)14/h5-7,11-12H,8H2,1-4H3. The molecule has 1 aromatic carbocycles. The molecule has 0 aliphatic rings. The van der Waals surface area contributed by atoms with Gasteiger partial charge in [0.25, 0.3) is 0 Å². The Labute approximate surface area is 92.3 Å². The number of halogens is 1. The normalized spacial score (nSPS) is 15.2. The van der Waals surface area contributed by atoms with E-state index in [-0.39, 0.29) is 5.38 Å². The number of rotatable bonds is 3. The lowest BCUT2D eigenvalue weighted by Crippen LogP contribution is -2.03. The lowest BCUT2D eigenvalue weighted by molar-refractivity contribution is 0.667. The van der Waals surface area contributed by atoms with Crippen molar-refractivity contribution in [2.75, 3.05) is 0 Å². The van der Waals surface area contributed by atoms with E-state index in [0.29, 0.717) is 5.92 Å². The molecule has 0 N–H and O–H groups in total. The molecule has 0 amide bonds. The fraction of sp³-hybridized carbons (Fsp3) is 0.538. The largest absolute Gasteiger partial charge is 0.123 e. The first-order valence-corrected chi connectivity index (χ1v) is 5.65. The third kappa shape index (κ3) is 3.02. The van der Waals surface area contributed by atoms with Crippen LogP contribution in [0.3, 0.4) is 0 Å². The van der Waals surface area contributed by atoms with Gasteiger partial charge in [0, 0.05) is 5.38 Å². The summed E-state index contributed by atoms with van der Waals surface area (Å²) in [5.41, 5.74) is 4.15. The van der Waals surface area contributed by atoms with E-state index in [2.05, 4.69) is 45.9 Å². The molecule has 0 nitrogen and oxygen atoms in total. The molecule has 2 atom stereocenters. The molecule has 0 radical (unpaired) electrons. The van der Waals surface area contributed by atoms with Crippen molar-refractivity contribution in [3.63, 3.8) is 0 Å². The van der Waals surface area contributed by atoms with Crippen LogP contribution in [-0.4, -0.2) is 5.38 Å². The second-order valence-electron chi connectivity index (χ2n) is 4.28. The first-order chi connectivity index (χ1) is 6.50. The predicted molar refractivity (Wildman–Crippen MR) is 64.3 cm³/mol. The first-order valence-electron chi connectivity index (χ1n) is 5.22. The molecule has 0 heterocycles. The van der Waals surface area contributed by atoms with E-state index in [1.807, 2.05) is 0 Å². The van der Waals surface area contributed by atoms with Gasteiger partial charge in [-0.1, -0.05) is 30.7 Å². The van der Waals surface area contributed by atoms with Crippen LogP contribution in [0.5, 0.6) is 0 Å². The Hall–Kier alpha value is -0.490. The maximum absolute atomic E-state index is 6.01. The zero-order valence-corrected chi connectivity index (χ0v) is 10.2. The van der Waals surface area contributed by atoms with E-state index in [1.165, 1.54) is 16.7 Å². The Balaban J connectivity index is 2.88. The summed E-state index contributed by atoms with van der Waals surface area (Å²) in [6, 6.07) is 6.63. The van der Waals surface area contributed by atoms with Gasteiger partial charge in [-0.2, -0.15) is 0 Å². The monoisotopic (exact) mass is 210 g/mol. The number of hydrogen-bond donors (Lipinski definition) is 0. The highest BCUT2D eigenvalue weighted by Gasteiger charge is 2.11. The van der Waals surface area contributed by atoms with Crippen molar-refractivity contribution in [1.29, 1.82) is 0 Å². The minimum Gasteiger partial charge on any atom is -0.123 e. The first kappa shape index (κ1) is 11.6. The second-order valence-corrected chi connectivity index (χ2v) is 5.02. The van der Waals surface area contributed by atoms with Crippen LogP contribution in [-0.2, 0) is 0 Å². The fourth-order valence-corrected chi connectivity index (χ4v) is 2.17. The van der Waals surface area contributed by atoms with Gasteiger partial charge in [-0.3, -0.25) is 0 Å².